The topological polar surface area (TPSA) is 155 Å². The summed E-state index contributed by atoms with van der Waals surface area (Å²) in [7, 11) is 3.52. The van der Waals surface area contributed by atoms with Crippen LogP contribution in [-0.2, 0) is 30.2 Å². The van der Waals surface area contributed by atoms with Gasteiger partial charge in [0.15, 0.2) is 12.4 Å². The minimum absolute atomic E-state index is 0.104. The average Bonchev–Trinajstić information content (AvgIpc) is 4.06. The lowest BCUT2D eigenvalue weighted by molar-refractivity contribution is -0.134. The minimum atomic E-state index is -3.13. The molecule has 4 fully saturated rings. The number of aryl methyl sites for hydroxylation is 2. The van der Waals surface area contributed by atoms with Crippen molar-refractivity contribution in [1.82, 2.24) is 39.4 Å². The predicted octanol–water partition coefficient (Wildman–Crippen LogP) is 5.38. The van der Waals surface area contributed by atoms with Crippen molar-refractivity contribution in [2.24, 2.45) is 25.9 Å². The van der Waals surface area contributed by atoms with Gasteiger partial charge in [-0.05, 0) is 86.9 Å². The third kappa shape index (κ3) is 7.83. The first-order valence-electron chi connectivity index (χ1n) is 21.6. The van der Waals surface area contributed by atoms with Crippen LogP contribution in [-0.4, -0.2) is 110 Å². The molecule has 62 heavy (non-hydrogen) atoms. The Balaban J connectivity index is 0.743. The summed E-state index contributed by atoms with van der Waals surface area (Å²) in [5.41, 5.74) is 3.96. The molecule has 1 saturated carbocycles. The number of rotatable bonds is 9. The van der Waals surface area contributed by atoms with Gasteiger partial charge in [0, 0.05) is 76.2 Å². The maximum Gasteiger partial charge on any atom is 0.301 e. The Hall–Kier alpha value is -5.39. The Kier molecular flexibility index (Phi) is 10.5. The number of benzene rings is 2. The second-order valence-corrected chi connectivity index (χ2v) is 18.1. The van der Waals surface area contributed by atoms with Crippen LogP contribution < -0.4 is 31.1 Å². The maximum absolute atomic E-state index is 15.2. The molecule has 0 radical (unpaired) electrons. The zero-order valence-electron chi connectivity index (χ0n) is 34.8. The van der Waals surface area contributed by atoms with E-state index in [0.29, 0.717) is 65.0 Å². The molecule has 2 atom stereocenters. The van der Waals surface area contributed by atoms with Crippen molar-refractivity contribution < 1.29 is 23.1 Å². The molecule has 5 aliphatic rings. The predicted molar refractivity (Wildman–Crippen MR) is 233 cm³/mol. The number of nitrogens with one attached hydrogen (secondary N) is 3. The number of ether oxygens (including phenoxy) is 1. The summed E-state index contributed by atoms with van der Waals surface area (Å²) < 4.78 is 39.1. The number of nitrogens with zero attached hydrogens (tertiary/aromatic N) is 8. The molecule has 3 aromatic heterocycles. The molecule has 4 aliphatic heterocycles. The Morgan fingerprint density at radius 1 is 0.919 bits per heavy atom. The number of fused-ring (bicyclic) bond motifs is 4. The van der Waals surface area contributed by atoms with Gasteiger partial charge in [-0.3, -0.25) is 34.2 Å². The Morgan fingerprint density at radius 2 is 1.71 bits per heavy atom. The molecular weight excluding hydrogens is 820 g/mol. The number of piperidine rings is 2. The fourth-order valence-electron chi connectivity index (χ4n) is 9.74. The van der Waals surface area contributed by atoms with E-state index in [9.17, 15) is 14.4 Å². The number of likely N-dealkylation sites (tertiary alicyclic amines) is 1. The standard InChI is InChI=1S/C44H50ClF2N11O4/c1-54-33-9-6-28(20-31(33)37-38(42(54)61)62-24-44(46,47)39(51-37)27-4-5-27)49-40-32(45)21-48-43(52-40)58-17-15-57(16-18-58)22-25-11-13-56(14-12-25)23-26-3-7-29-34(19-26)55(2)53-36(29)30-8-10-35(59)50-41(30)60/h3,6-7,9,19-21,25,27,30,39,51H,4-5,8,10-18,22-24H2,1-2H3,(H,48,49,52)(H,50,59,60)/t30?,39-/m0/s1. The molecule has 3 N–H and O–H groups in total. The van der Waals surface area contributed by atoms with Gasteiger partial charge >= 0.3 is 5.92 Å². The molecule has 2 amide bonds. The van der Waals surface area contributed by atoms with E-state index in [1.807, 2.05) is 23.9 Å². The second-order valence-electron chi connectivity index (χ2n) is 17.7. The van der Waals surface area contributed by atoms with E-state index in [1.54, 1.807) is 19.3 Å². The first-order valence-corrected chi connectivity index (χ1v) is 22.0. The van der Waals surface area contributed by atoms with E-state index in [2.05, 4.69) is 53.8 Å². The summed E-state index contributed by atoms with van der Waals surface area (Å²) in [5, 5.41) is 15.4. The normalized spacial score (nSPS) is 22.6. The third-order valence-electron chi connectivity index (χ3n) is 13.4. The smallest absolute Gasteiger partial charge is 0.301 e. The first-order chi connectivity index (χ1) is 29.9. The molecule has 5 aromatic rings. The second kappa shape index (κ2) is 16.1. The van der Waals surface area contributed by atoms with E-state index in [-0.39, 0.29) is 29.2 Å². The number of halogens is 3. The number of imide groups is 1. The van der Waals surface area contributed by atoms with Crippen LogP contribution in [0.3, 0.4) is 0 Å². The van der Waals surface area contributed by atoms with Gasteiger partial charge in [-0.2, -0.15) is 10.1 Å². The number of carbonyl (C=O) groups is 2. The number of alkyl halides is 2. The number of piperazine rings is 1. The fraction of sp³-hybridized carbons (Fsp3) is 0.500. The molecule has 7 heterocycles. The van der Waals surface area contributed by atoms with Crippen LogP contribution in [0.4, 0.5) is 31.9 Å². The highest BCUT2D eigenvalue weighted by atomic mass is 35.5. The lowest BCUT2D eigenvalue weighted by Crippen LogP contribution is -2.49. The quantitative estimate of drug-likeness (QED) is 0.163. The molecule has 1 aliphatic carbocycles. The van der Waals surface area contributed by atoms with E-state index >= 15 is 8.78 Å². The molecule has 15 nitrogen and oxygen atoms in total. The van der Waals surface area contributed by atoms with E-state index < -0.39 is 30.0 Å². The molecular formula is C44H50ClF2N11O4. The Bertz CT molecular complexity index is 2640. The van der Waals surface area contributed by atoms with E-state index in [0.717, 1.165) is 81.8 Å². The van der Waals surface area contributed by atoms with E-state index in [4.69, 9.17) is 26.4 Å². The molecule has 3 saturated heterocycles. The Labute approximate surface area is 361 Å². The van der Waals surface area contributed by atoms with Gasteiger partial charge in [-0.1, -0.05) is 23.7 Å². The highest BCUT2D eigenvalue weighted by molar-refractivity contribution is 6.33. The van der Waals surface area contributed by atoms with Crippen LogP contribution >= 0.6 is 11.6 Å². The highest BCUT2D eigenvalue weighted by Crippen LogP contribution is 2.46. The zero-order chi connectivity index (χ0) is 42.9. The summed E-state index contributed by atoms with van der Waals surface area (Å²) in [6.45, 7) is 6.45. The first kappa shape index (κ1) is 40.7. The summed E-state index contributed by atoms with van der Waals surface area (Å²) in [4.78, 5) is 54.1. The number of pyridine rings is 1. The molecule has 2 aromatic carbocycles. The Morgan fingerprint density at radius 3 is 2.47 bits per heavy atom. The zero-order valence-corrected chi connectivity index (χ0v) is 35.6. The van der Waals surface area contributed by atoms with Crippen LogP contribution in [0.15, 0.2) is 47.4 Å². The van der Waals surface area contributed by atoms with Gasteiger partial charge in [-0.15, -0.1) is 0 Å². The van der Waals surface area contributed by atoms with Gasteiger partial charge in [0.1, 0.15) is 5.02 Å². The third-order valence-corrected chi connectivity index (χ3v) is 13.7. The van der Waals surface area contributed by atoms with Crippen molar-refractivity contribution in [2.75, 3.05) is 68.0 Å². The summed E-state index contributed by atoms with van der Waals surface area (Å²) >= 11 is 6.63. The van der Waals surface area contributed by atoms with Gasteiger partial charge < -0.3 is 24.8 Å². The molecule has 10 rings (SSSR count). The SMILES string of the molecule is Cn1nc(C2CCC(=O)NC2=O)c2ccc(CN3CCC(CN4CCN(c5ncc(Cl)c(Nc6ccc7c(c6)c6c(c(=O)n7C)OCC(F)(F)[C@H](C7CC7)N6)n5)CC4)CC3)cc21. The molecule has 0 spiro atoms. The van der Waals surface area contributed by atoms with Gasteiger partial charge in [-0.25, -0.2) is 13.8 Å². The van der Waals surface area contributed by atoms with Crippen molar-refractivity contribution in [1.29, 1.82) is 0 Å². The van der Waals surface area contributed by atoms with Crippen molar-refractivity contribution in [3.05, 3.63) is 69.2 Å². The largest absolute Gasteiger partial charge is 0.480 e. The summed E-state index contributed by atoms with van der Waals surface area (Å²) in [5.74, 6) is -2.71. The maximum atomic E-state index is 15.2. The molecule has 1 unspecified atom stereocenters. The number of aromatic nitrogens is 5. The fourth-order valence-corrected chi connectivity index (χ4v) is 9.88. The lowest BCUT2D eigenvalue weighted by atomic mass is 9.92. The van der Waals surface area contributed by atoms with Gasteiger partial charge in [0.25, 0.3) is 5.56 Å². The summed E-state index contributed by atoms with van der Waals surface area (Å²) in [6.07, 6.45) is 6.07. The van der Waals surface area contributed by atoms with Crippen LogP contribution in [0, 0.1) is 11.8 Å². The van der Waals surface area contributed by atoms with Crippen molar-refractivity contribution in [2.45, 2.75) is 63.0 Å². The van der Waals surface area contributed by atoms with Crippen LogP contribution in [0.1, 0.15) is 55.7 Å². The lowest BCUT2D eigenvalue weighted by Gasteiger charge is -2.39. The molecule has 0 bridgehead atoms. The number of hydrogen-bond donors (Lipinski definition) is 3. The van der Waals surface area contributed by atoms with Crippen molar-refractivity contribution >= 4 is 68.4 Å². The molecule has 18 heteroatoms. The van der Waals surface area contributed by atoms with Crippen LogP contribution in [0.5, 0.6) is 5.75 Å². The highest BCUT2D eigenvalue weighted by Gasteiger charge is 2.51. The van der Waals surface area contributed by atoms with Gasteiger partial charge in [0.05, 0.1) is 40.6 Å². The van der Waals surface area contributed by atoms with Crippen LogP contribution in [0.2, 0.25) is 5.02 Å². The monoisotopic (exact) mass is 869 g/mol. The van der Waals surface area contributed by atoms with Gasteiger partial charge in [0.2, 0.25) is 23.5 Å². The molecule has 326 valence electrons. The number of carbonyl (C=O) groups excluding carboxylic acids is 2. The number of amides is 2. The summed E-state index contributed by atoms with van der Waals surface area (Å²) in [6, 6.07) is 10.7. The average molecular weight is 870 g/mol. The van der Waals surface area contributed by atoms with Crippen molar-refractivity contribution in [3.8, 4) is 5.75 Å². The number of anilines is 4. The van der Waals surface area contributed by atoms with Crippen molar-refractivity contribution in [3.63, 3.8) is 0 Å². The minimum Gasteiger partial charge on any atom is -0.480 e. The van der Waals surface area contributed by atoms with E-state index in [1.165, 1.54) is 10.1 Å². The van der Waals surface area contributed by atoms with Crippen LogP contribution in [0.25, 0.3) is 21.8 Å². The number of hydrogen-bond acceptors (Lipinski definition) is 12.